The molecule has 0 aliphatic carbocycles. The molecule has 0 bridgehead atoms. The first kappa shape index (κ1) is 14.5. The van der Waals surface area contributed by atoms with Crippen molar-refractivity contribution in [2.24, 2.45) is 0 Å². The van der Waals surface area contributed by atoms with Gasteiger partial charge in [-0.3, -0.25) is 4.90 Å². The summed E-state index contributed by atoms with van der Waals surface area (Å²) in [6, 6.07) is 4.73. The molecular weight excluding hydrogens is 291 g/mol. The summed E-state index contributed by atoms with van der Waals surface area (Å²) in [5.74, 6) is -0.0930. The Labute approximate surface area is 123 Å². The second-order valence-electron chi connectivity index (χ2n) is 5.93. The molecule has 6 heteroatoms. The van der Waals surface area contributed by atoms with Gasteiger partial charge in [0.25, 0.3) is 0 Å². The first-order valence-corrected chi connectivity index (χ1v) is 9.10. The Bertz CT molecular complexity index is 782. The molecule has 0 unspecified atom stereocenters. The first-order chi connectivity index (χ1) is 9.83. The molecule has 1 N–H and O–H groups in total. The molecule has 0 spiro atoms. The van der Waals surface area contributed by atoms with Crippen molar-refractivity contribution in [3.63, 3.8) is 0 Å². The predicted octanol–water partition coefficient (Wildman–Crippen LogP) is 2.10. The maximum absolute atomic E-state index is 13.5. The zero-order valence-electron chi connectivity index (χ0n) is 12.2. The number of hydrogen-bond donors (Lipinski definition) is 1. The third-order valence-electron chi connectivity index (χ3n) is 4.13. The number of aromatic amines is 1. The minimum absolute atomic E-state index is 0.0355. The van der Waals surface area contributed by atoms with Gasteiger partial charge in [0.15, 0.2) is 0 Å². The van der Waals surface area contributed by atoms with Gasteiger partial charge < -0.3 is 4.98 Å². The quantitative estimate of drug-likeness (QED) is 0.944. The Kier molecular flexibility index (Phi) is 3.53. The van der Waals surface area contributed by atoms with Crippen LogP contribution in [0, 0.1) is 5.82 Å². The standard InChI is InChI=1S/C15H19FN2O2S/c1-10(9-21(2,19)20)18-6-5-15-13(8-18)12-7-11(16)3-4-14(12)17-15/h3-4,7,10,17H,5-6,8-9H2,1-2H3/t10-/m0/s1. The highest BCUT2D eigenvalue weighted by atomic mass is 32.2. The van der Waals surface area contributed by atoms with Crippen molar-refractivity contribution < 1.29 is 12.8 Å². The summed E-state index contributed by atoms with van der Waals surface area (Å²) < 4.78 is 36.4. The molecule has 1 aliphatic rings. The minimum Gasteiger partial charge on any atom is -0.358 e. The number of halogens is 1. The molecule has 0 amide bonds. The lowest BCUT2D eigenvalue weighted by Crippen LogP contribution is -2.41. The van der Waals surface area contributed by atoms with Crippen molar-refractivity contribution in [1.82, 2.24) is 9.88 Å². The largest absolute Gasteiger partial charge is 0.358 e. The molecule has 21 heavy (non-hydrogen) atoms. The predicted molar refractivity (Wildman–Crippen MR) is 81.5 cm³/mol. The Morgan fingerprint density at radius 1 is 1.43 bits per heavy atom. The van der Waals surface area contributed by atoms with E-state index in [1.54, 1.807) is 12.1 Å². The van der Waals surface area contributed by atoms with Crippen molar-refractivity contribution >= 4 is 20.7 Å². The lowest BCUT2D eigenvalue weighted by atomic mass is 10.0. The van der Waals surface area contributed by atoms with E-state index in [4.69, 9.17) is 0 Å². The van der Waals surface area contributed by atoms with Crippen LogP contribution in [0.5, 0.6) is 0 Å². The molecule has 0 saturated heterocycles. The van der Waals surface area contributed by atoms with E-state index in [9.17, 15) is 12.8 Å². The normalized spacial score (nSPS) is 17.9. The van der Waals surface area contributed by atoms with Gasteiger partial charge in [-0.15, -0.1) is 0 Å². The van der Waals surface area contributed by atoms with E-state index in [1.807, 2.05) is 6.92 Å². The van der Waals surface area contributed by atoms with E-state index in [1.165, 1.54) is 12.3 Å². The molecule has 1 atom stereocenters. The molecule has 4 nitrogen and oxygen atoms in total. The lowest BCUT2D eigenvalue weighted by Gasteiger charge is -2.32. The fourth-order valence-electron chi connectivity index (χ4n) is 3.13. The van der Waals surface area contributed by atoms with Gasteiger partial charge in [0.2, 0.25) is 0 Å². The van der Waals surface area contributed by atoms with Crippen LogP contribution in [0.25, 0.3) is 10.9 Å². The van der Waals surface area contributed by atoms with Gasteiger partial charge in [0, 0.05) is 48.4 Å². The highest BCUT2D eigenvalue weighted by Crippen LogP contribution is 2.29. The van der Waals surface area contributed by atoms with E-state index in [0.29, 0.717) is 6.54 Å². The number of fused-ring (bicyclic) bond motifs is 3. The van der Waals surface area contributed by atoms with Crippen LogP contribution < -0.4 is 0 Å². The first-order valence-electron chi connectivity index (χ1n) is 7.04. The monoisotopic (exact) mass is 310 g/mol. The number of H-pyrrole nitrogens is 1. The molecule has 114 valence electrons. The number of sulfone groups is 1. The topological polar surface area (TPSA) is 53.2 Å². The summed E-state index contributed by atoms with van der Waals surface area (Å²) in [7, 11) is -3.00. The Morgan fingerprint density at radius 3 is 2.90 bits per heavy atom. The smallest absolute Gasteiger partial charge is 0.148 e. The van der Waals surface area contributed by atoms with Gasteiger partial charge in [-0.25, -0.2) is 12.8 Å². The second kappa shape index (κ2) is 5.10. The molecule has 1 aliphatic heterocycles. The van der Waals surface area contributed by atoms with Crippen molar-refractivity contribution in [2.75, 3.05) is 18.6 Å². The number of rotatable bonds is 3. The number of hydrogen-bond acceptors (Lipinski definition) is 3. The maximum atomic E-state index is 13.5. The van der Waals surface area contributed by atoms with Crippen LogP contribution in [-0.4, -0.2) is 42.9 Å². The maximum Gasteiger partial charge on any atom is 0.148 e. The van der Waals surface area contributed by atoms with Crippen LogP contribution in [0.15, 0.2) is 18.2 Å². The zero-order chi connectivity index (χ0) is 15.2. The van der Waals surface area contributed by atoms with Gasteiger partial charge in [-0.05, 0) is 30.7 Å². The van der Waals surface area contributed by atoms with Crippen molar-refractivity contribution in [1.29, 1.82) is 0 Å². The zero-order valence-corrected chi connectivity index (χ0v) is 13.0. The summed E-state index contributed by atoms with van der Waals surface area (Å²) in [4.78, 5) is 5.49. The summed E-state index contributed by atoms with van der Waals surface area (Å²) in [5.41, 5.74) is 3.17. The van der Waals surface area contributed by atoms with Gasteiger partial charge >= 0.3 is 0 Å². The Morgan fingerprint density at radius 2 is 2.19 bits per heavy atom. The van der Waals surface area contributed by atoms with Crippen LogP contribution >= 0.6 is 0 Å². The van der Waals surface area contributed by atoms with Crippen LogP contribution in [0.4, 0.5) is 4.39 Å². The third-order valence-corrected chi connectivity index (χ3v) is 5.22. The van der Waals surface area contributed by atoms with E-state index < -0.39 is 9.84 Å². The van der Waals surface area contributed by atoms with Gasteiger partial charge in [0.1, 0.15) is 15.7 Å². The Hall–Kier alpha value is -1.40. The average Bonchev–Trinajstić information content (AvgIpc) is 2.74. The van der Waals surface area contributed by atoms with E-state index in [2.05, 4.69) is 9.88 Å². The van der Waals surface area contributed by atoms with E-state index >= 15 is 0 Å². The van der Waals surface area contributed by atoms with Gasteiger partial charge in [0.05, 0.1) is 5.75 Å². The average molecular weight is 310 g/mol. The van der Waals surface area contributed by atoms with Crippen LogP contribution in [-0.2, 0) is 22.8 Å². The van der Waals surface area contributed by atoms with E-state index in [-0.39, 0.29) is 17.6 Å². The van der Waals surface area contributed by atoms with Crippen molar-refractivity contribution in [3.8, 4) is 0 Å². The molecule has 1 aromatic heterocycles. The highest BCUT2D eigenvalue weighted by molar-refractivity contribution is 7.90. The summed E-state index contributed by atoms with van der Waals surface area (Å²) in [6.45, 7) is 3.41. The summed E-state index contributed by atoms with van der Waals surface area (Å²) in [5, 5.41) is 0.904. The van der Waals surface area contributed by atoms with Crippen molar-refractivity contribution in [2.45, 2.75) is 25.9 Å². The van der Waals surface area contributed by atoms with Gasteiger partial charge in [-0.1, -0.05) is 0 Å². The minimum atomic E-state index is -3.00. The number of benzene rings is 1. The number of aromatic nitrogens is 1. The second-order valence-corrected chi connectivity index (χ2v) is 8.12. The van der Waals surface area contributed by atoms with Crippen LogP contribution in [0.1, 0.15) is 18.2 Å². The molecule has 1 aromatic carbocycles. The summed E-state index contributed by atoms with van der Waals surface area (Å²) >= 11 is 0. The van der Waals surface area contributed by atoms with Crippen molar-refractivity contribution in [3.05, 3.63) is 35.3 Å². The lowest BCUT2D eigenvalue weighted by molar-refractivity contribution is 0.205. The molecule has 3 rings (SSSR count). The molecule has 0 saturated carbocycles. The number of nitrogens with one attached hydrogen (secondary N) is 1. The molecule has 0 fully saturated rings. The van der Waals surface area contributed by atoms with Crippen LogP contribution in [0.3, 0.4) is 0 Å². The molecule has 2 heterocycles. The molecule has 0 radical (unpaired) electrons. The highest BCUT2D eigenvalue weighted by Gasteiger charge is 2.25. The Balaban J connectivity index is 1.91. The fraction of sp³-hybridized carbons (Fsp3) is 0.467. The third kappa shape index (κ3) is 2.96. The van der Waals surface area contributed by atoms with Gasteiger partial charge in [-0.2, -0.15) is 0 Å². The van der Waals surface area contributed by atoms with Crippen LogP contribution in [0.2, 0.25) is 0 Å². The molecular formula is C15H19FN2O2S. The van der Waals surface area contributed by atoms with E-state index in [0.717, 1.165) is 35.1 Å². The summed E-state index contributed by atoms with van der Waals surface area (Å²) in [6.07, 6.45) is 2.10. The fourth-order valence-corrected chi connectivity index (χ4v) is 4.21. The number of nitrogens with zero attached hydrogens (tertiary/aromatic N) is 1. The molecule has 2 aromatic rings. The SMILES string of the molecule is C[C@@H](CS(C)(=O)=O)N1CCc2[nH]c3ccc(F)cc3c2C1.